The SMILES string of the molecule is CC(Cc1ccc2c(c1)CCCS2)N1CCC(n2c(=O)[nH]c3ccccc32)CC1. The second kappa shape index (κ2) is 8.04. The zero-order valence-electron chi connectivity index (χ0n) is 17.1. The fourth-order valence-corrected chi connectivity index (χ4v) is 6.05. The minimum absolute atomic E-state index is 0.0321. The van der Waals surface area contributed by atoms with Gasteiger partial charge in [0.1, 0.15) is 0 Å². The number of aromatic amines is 1. The van der Waals surface area contributed by atoms with Gasteiger partial charge in [0, 0.05) is 30.1 Å². The maximum absolute atomic E-state index is 12.5. The lowest BCUT2D eigenvalue weighted by molar-refractivity contribution is 0.143. The van der Waals surface area contributed by atoms with E-state index in [2.05, 4.69) is 41.1 Å². The van der Waals surface area contributed by atoms with Gasteiger partial charge in [-0.05, 0) is 74.1 Å². The molecule has 0 bridgehead atoms. The summed E-state index contributed by atoms with van der Waals surface area (Å²) in [6, 6.07) is 16.0. The first kappa shape index (κ1) is 19.0. The molecule has 1 saturated heterocycles. The highest BCUT2D eigenvalue weighted by Gasteiger charge is 2.26. The average Bonchev–Trinajstić information content (AvgIpc) is 3.09. The standard InChI is InChI=1S/C24H29N3OS/c1-17(15-18-8-9-23-19(16-18)5-4-14-29-23)26-12-10-20(11-13-26)27-22-7-3-2-6-21(22)25-24(27)28/h2-3,6-9,16-17,20H,4-5,10-15H2,1H3,(H,25,28). The van der Waals surface area contributed by atoms with Crippen molar-refractivity contribution in [1.29, 1.82) is 0 Å². The van der Waals surface area contributed by atoms with Crippen LogP contribution in [0.2, 0.25) is 0 Å². The lowest BCUT2D eigenvalue weighted by Crippen LogP contribution is -2.42. The minimum Gasteiger partial charge on any atom is -0.306 e. The van der Waals surface area contributed by atoms with Crippen molar-refractivity contribution in [1.82, 2.24) is 14.5 Å². The van der Waals surface area contributed by atoms with Crippen LogP contribution in [0.15, 0.2) is 52.2 Å². The Kier molecular flexibility index (Phi) is 5.27. The van der Waals surface area contributed by atoms with Crippen LogP contribution in [0.4, 0.5) is 0 Å². The normalized spacial score (nSPS) is 19.3. The van der Waals surface area contributed by atoms with Gasteiger partial charge in [-0.15, -0.1) is 11.8 Å². The summed E-state index contributed by atoms with van der Waals surface area (Å²) in [6.07, 6.45) is 5.71. The average molecular weight is 408 g/mol. The van der Waals surface area contributed by atoms with Crippen molar-refractivity contribution in [2.75, 3.05) is 18.8 Å². The monoisotopic (exact) mass is 407 g/mol. The predicted molar refractivity (Wildman–Crippen MR) is 121 cm³/mol. The summed E-state index contributed by atoms with van der Waals surface area (Å²) >= 11 is 2.00. The topological polar surface area (TPSA) is 41.0 Å². The molecule has 2 aromatic carbocycles. The number of piperidine rings is 1. The van der Waals surface area contributed by atoms with E-state index in [4.69, 9.17) is 0 Å². The molecule has 0 saturated carbocycles. The molecule has 3 aromatic rings. The van der Waals surface area contributed by atoms with E-state index in [1.165, 1.54) is 29.1 Å². The second-order valence-corrected chi connectivity index (χ2v) is 9.67. The maximum atomic E-state index is 12.5. The highest BCUT2D eigenvalue weighted by molar-refractivity contribution is 7.99. The third-order valence-electron chi connectivity index (χ3n) is 6.62. The van der Waals surface area contributed by atoms with Crippen molar-refractivity contribution in [2.24, 2.45) is 0 Å². The molecule has 5 heteroatoms. The molecular formula is C24H29N3OS. The molecule has 0 spiro atoms. The van der Waals surface area contributed by atoms with Crippen molar-refractivity contribution in [3.8, 4) is 0 Å². The third-order valence-corrected chi connectivity index (χ3v) is 7.82. The summed E-state index contributed by atoms with van der Waals surface area (Å²) in [5.74, 6) is 1.26. The summed E-state index contributed by atoms with van der Waals surface area (Å²) in [4.78, 5) is 19.6. The van der Waals surface area contributed by atoms with Gasteiger partial charge in [-0.3, -0.25) is 4.57 Å². The molecule has 0 aliphatic carbocycles. The maximum Gasteiger partial charge on any atom is 0.326 e. The molecule has 2 aliphatic rings. The number of likely N-dealkylation sites (tertiary alicyclic amines) is 1. The van der Waals surface area contributed by atoms with Gasteiger partial charge in [0.2, 0.25) is 0 Å². The van der Waals surface area contributed by atoms with Gasteiger partial charge >= 0.3 is 5.69 Å². The Balaban J connectivity index is 1.24. The summed E-state index contributed by atoms with van der Waals surface area (Å²) in [5, 5.41) is 0. The molecule has 4 nitrogen and oxygen atoms in total. The van der Waals surface area contributed by atoms with E-state index in [0.29, 0.717) is 12.1 Å². The van der Waals surface area contributed by atoms with E-state index in [-0.39, 0.29) is 5.69 Å². The van der Waals surface area contributed by atoms with E-state index in [1.54, 1.807) is 5.56 Å². The number of H-pyrrole nitrogens is 1. The number of aromatic nitrogens is 2. The van der Waals surface area contributed by atoms with E-state index in [9.17, 15) is 4.79 Å². The Morgan fingerprint density at radius 2 is 2.00 bits per heavy atom. The Hall–Kier alpha value is -1.98. The molecule has 2 aliphatic heterocycles. The number of nitrogens with zero attached hydrogens (tertiary/aromatic N) is 2. The molecule has 1 unspecified atom stereocenters. The van der Waals surface area contributed by atoms with Crippen LogP contribution in [0, 0.1) is 0 Å². The lowest BCUT2D eigenvalue weighted by Gasteiger charge is -2.36. The molecule has 3 heterocycles. The molecule has 0 amide bonds. The Labute approximate surface area is 176 Å². The second-order valence-electron chi connectivity index (χ2n) is 8.53. The minimum atomic E-state index is 0.0321. The van der Waals surface area contributed by atoms with E-state index >= 15 is 0 Å². The van der Waals surface area contributed by atoms with Gasteiger partial charge in [0.25, 0.3) is 0 Å². The van der Waals surface area contributed by atoms with Crippen LogP contribution in [-0.2, 0) is 12.8 Å². The van der Waals surface area contributed by atoms with E-state index in [0.717, 1.165) is 43.4 Å². The molecule has 0 radical (unpaired) electrons. The number of hydrogen-bond acceptors (Lipinski definition) is 3. The molecule has 29 heavy (non-hydrogen) atoms. The number of imidazole rings is 1. The largest absolute Gasteiger partial charge is 0.326 e. The number of hydrogen-bond donors (Lipinski definition) is 1. The summed E-state index contributed by atoms with van der Waals surface area (Å²) in [5.41, 5.74) is 5.02. The van der Waals surface area contributed by atoms with Gasteiger partial charge in [-0.1, -0.05) is 24.3 Å². The Bertz CT molecular complexity index is 1060. The fraction of sp³-hybridized carbons (Fsp3) is 0.458. The highest BCUT2D eigenvalue weighted by atomic mass is 32.2. The zero-order chi connectivity index (χ0) is 19.8. The van der Waals surface area contributed by atoms with Crippen LogP contribution in [0.1, 0.15) is 43.4 Å². The van der Waals surface area contributed by atoms with Crippen molar-refractivity contribution in [3.05, 3.63) is 64.1 Å². The van der Waals surface area contributed by atoms with Gasteiger partial charge in [0.05, 0.1) is 11.0 Å². The fourth-order valence-electron chi connectivity index (χ4n) is 5.03. The number of thioether (sulfide) groups is 1. The van der Waals surface area contributed by atoms with Crippen LogP contribution in [0.3, 0.4) is 0 Å². The Morgan fingerprint density at radius 3 is 2.86 bits per heavy atom. The quantitative estimate of drug-likeness (QED) is 0.685. The first-order valence-corrected chi connectivity index (χ1v) is 11.9. The van der Waals surface area contributed by atoms with Crippen LogP contribution in [-0.4, -0.2) is 39.3 Å². The van der Waals surface area contributed by atoms with Gasteiger partial charge in [-0.2, -0.15) is 0 Å². The number of fused-ring (bicyclic) bond motifs is 2. The summed E-state index contributed by atoms with van der Waals surface area (Å²) < 4.78 is 1.98. The lowest BCUT2D eigenvalue weighted by atomic mass is 9.98. The number of rotatable bonds is 4. The van der Waals surface area contributed by atoms with Crippen molar-refractivity contribution < 1.29 is 0 Å². The molecule has 1 atom stereocenters. The number of aryl methyl sites for hydroxylation is 1. The molecule has 1 N–H and O–H groups in total. The molecule has 1 fully saturated rings. The number of nitrogens with one attached hydrogen (secondary N) is 1. The summed E-state index contributed by atoms with van der Waals surface area (Å²) in [7, 11) is 0. The predicted octanol–water partition coefficient (Wildman–Crippen LogP) is 4.64. The van der Waals surface area contributed by atoms with Crippen LogP contribution >= 0.6 is 11.8 Å². The van der Waals surface area contributed by atoms with Crippen molar-refractivity contribution in [2.45, 2.75) is 56.0 Å². The van der Waals surface area contributed by atoms with E-state index in [1.807, 2.05) is 34.5 Å². The van der Waals surface area contributed by atoms with Gasteiger partial charge in [-0.25, -0.2) is 4.79 Å². The van der Waals surface area contributed by atoms with Crippen LogP contribution in [0.25, 0.3) is 11.0 Å². The van der Waals surface area contributed by atoms with Gasteiger partial charge < -0.3 is 9.88 Å². The number of para-hydroxylation sites is 2. The highest BCUT2D eigenvalue weighted by Crippen LogP contribution is 2.31. The van der Waals surface area contributed by atoms with Crippen molar-refractivity contribution >= 4 is 22.8 Å². The first-order valence-electron chi connectivity index (χ1n) is 10.9. The number of benzene rings is 2. The van der Waals surface area contributed by atoms with Gasteiger partial charge in [0.15, 0.2) is 0 Å². The Morgan fingerprint density at radius 1 is 1.17 bits per heavy atom. The summed E-state index contributed by atoms with van der Waals surface area (Å²) in [6.45, 7) is 4.46. The molecule has 152 valence electrons. The van der Waals surface area contributed by atoms with E-state index < -0.39 is 0 Å². The van der Waals surface area contributed by atoms with Crippen LogP contribution < -0.4 is 5.69 Å². The zero-order valence-corrected chi connectivity index (χ0v) is 17.9. The third kappa shape index (κ3) is 3.78. The molecular weight excluding hydrogens is 378 g/mol. The molecule has 5 rings (SSSR count). The first-order chi connectivity index (χ1) is 14.2. The van der Waals surface area contributed by atoms with Crippen molar-refractivity contribution in [3.63, 3.8) is 0 Å². The van der Waals surface area contributed by atoms with Crippen LogP contribution in [0.5, 0.6) is 0 Å². The molecule has 1 aromatic heterocycles. The smallest absolute Gasteiger partial charge is 0.306 e.